The number of ether oxygens (including phenoxy) is 1. The van der Waals surface area contributed by atoms with E-state index in [9.17, 15) is 8.78 Å². The van der Waals surface area contributed by atoms with Crippen LogP contribution in [0, 0.1) is 17.6 Å². The van der Waals surface area contributed by atoms with Crippen LogP contribution in [0.25, 0.3) is 0 Å². The van der Waals surface area contributed by atoms with Crippen LogP contribution < -0.4 is 4.74 Å². The predicted octanol–water partition coefficient (Wildman–Crippen LogP) is 4.69. The first kappa shape index (κ1) is 14.2. The lowest BCUT2D eigenvalue weighted by molar-refractivity contribution is 0.404. The summed E-state index contributed by atoms with van der Waals surface area (Å²) in [4.78, 5) is 0. The van der Waals surface area contributed by atoms with Gasteiger partial charge in [0, 0.05) is 17.7 Å². The molecular weight excluding hydrogens is 246 g/mol. The molecule has 1 rings (SSSR count). The van der Waals surface area contributed by atoms with Crippen LogP contribution in [0.3, 0.4) is 0 Å². The molecule has 0 N–H and O–H groups in total. The van der Waals surface area contributed by atoms with E-state index in [1.54, 1.807) is 0 Å². The highest BCUT2D eigenvalue weighted by Gasteiger charge is 2.19. The Balaban J connectivity index is 2.89. The zero-order chi connectivity index (χ0) is 13.0. The Kier molecular flexibility index (Phi) is 5.19. The van der Waals surface area contributed by atoms with Crippen molar-refractivity contribution in [2.24, 2.45) is 5.92 Å². The van der Waals surface area contributed by atoms with Crippen molar-refractivity contribution in [3.63, 3.8) is 0 Å². The molecule has 1 unspecified atom stereocenters. The SMILES string of the molecule is COc1cc(F)c(C(Cl)CCC(C)C)c(F)c1. The minimum absolute atomic E-state index is 0.0619. The molecule has 4 heteroatoms. The Labute approximate surface area is 106 Å². The maximum Gasteiger partial charge on any atom is 0.134 e. The standard InChI is InChI=1S/C13H17ClF2O/c1-8(2)4-5-10(14)13-11(15)6-9(17-3)7-12(13)16/h6-8,10H,4-5H2,1-3H3. The molecule has 0 heterocycles. The molecule has 0 aliphatic rings. The van der Waals surface area contributed by atoms with Gasteiger partial charge >= 0.3 is 0 Å². The lowest BCUT2D eigenvalue weighted by atomic mass is 10.0. The van der Waals surface area contributed by atoms with Crippen LogP contribution in [0.15, 0.2) is 12.1 Å². The van der Waals surface area contributed by atoms with Crippen LogP contribution in [0.1, 0.15) is 37.6 Å². The normalized spacial score (nSPS) is 12.9. The van der Waals surface area contributed by atoms with Gasteiger partial charge in [0.25, 0.3) is 0 Å². The van der Waals surface area contributed by atoms with Crippen LogP contribution in [0.4, 0.5) is 8.78 Å². The molecule has 1 aromatic rings. The second-order valence-electron chi connectivity index (χ2n) is 4.44. The van der Waals surface area contributed by atoms with Crippen molar-refractivity contribution in [3.8, 4) is 5.75 Å². The zero-order valence-corrected chi connectivity index (χ0v) is 11.0. The Morgan fingerprint density at radius 3 is 2.12 bits per heavy atom. The van der Waals surface area contributed by atoms with Crippen LogP contribution in [-0.2, 0) is 0 Å². The highest BCUT2D eigenvalue weighted by atomic mass is 35.5. The van der Waals surface area contributed by atoms with Crippen molar-refractivity contribution in [2.75, 3.05) is 7.11 Å². The molecule has 0 aromatic heterocycles. The van der Waals surface area contributed by atoms with E-state index in [0.717, 1.165) is 18.6 Å². The summed E-state index contributed by atoms with van der Waals surface area (Å²) in [6.45, 7) is 4.09. The van der Waals surface area contributed by atoms with Crippen molar-refractivity contribution < 1.29 is 13.5 Å². The van der Waals surface area contributed by atoms with Gasteiger partial charge in [-0.1, -0.05) is 13.8 Å². The van der Waals surface area contributed by atoms with Gasteiger partial charge in [-0.15, -0.1) is 11.6 Å². The summed E-state index contributed by atoms with van der Waals surface area (Å²) in [6.07, 6.45) is 1.39. The van der Waals surface area contributed by atoms with Crippen molar-refractivity contribution in [3.05, 3.63) is 29.3 Å². The van der Waals surface area contributed by atoms with Gasteiger partial charge in [-0.25, -0.2) is 8.78 Å². The minimum atomic E-state index is -0.648. The predicted molar refractivity (Wildman–Crippen MR) is 65.6 cm³/mol. The van der Waals surface area contributed by atoms with Gasteiger partial charge in [-0.2, -0.15) is 0 Å². The lowest BCUT2D eigenvalue weighted by Crippen LogP contribution is -2.02. The summed E-state index contributed by atoms with van der Waals surface area (Å²) in [5, 5.41) is -0.636. The number of halogens is 3. The van der Waals surface area contributed by atoms with Crippen molar-refractivity contribution in [2.45, 2.75) is 32.1 Å². The van der Waals surface area contributed by atoms with E-state index in [1.165, 1.54) is 7.11 Å². The van der Waals surface area contributed by atoms with Crippen LogP contribution in [0.2, 0.25) is 0 Å². The second kappa shape index (κ2) is 6.20. The van der Waals surface area contributed by atoms with E-state index < -0.39 is 17.0 Å². The fourth-order valence-corrected chi connectivity index (χ4v) is 1.94. The third-order valence-corrected chi connectivity index (χ3v) is 3.04. The van der Waals surface area contributed by atoms with Crippen molar-refractivity contribution in [1.82, 2.24) is 0 Å². The quantitative estimate of drug-likeness (QED) is 0.700. The van der Waals surface area contributed by atoms with E-state index in [4.69, 9.17) is 16.3 Å². The number of hydrogen-bond donors (Lipinski definition) is 0. The van der Waals surface area contributed by atoms with Crippen LogP contribution in [-0.4, -0.2) is 7.11 Å². The Hall–Kier alpha value is -0.830. The average molecular weight is 263 g/mol. The molecule has 1 aromatic carbocycles. The number of hydrogen-bond acceptors (Lipinski definition) is 1. The summed E-state index contributed by atoms with van der Waals surface area (Å²) in [5.41, 5.74) is -0.0619. The lowest BCUT2D eigenvalue weighted by Gasteiger charge is -2.14. The fourth-order valence-electron chi connectivity index (χ4n) is 1.60. The summed E-state index contributed by atoms with van der Waals surface area (Å²) < 4.78 is 32.1. The summed E-state index contributed by atoms with van der Waals surface area (Å²) in [6, 6.07) is 2.31. The number of alkyl halides is 1. The van der Waals surface area contributed by atoms with Gasteiger partial charge < -0.3 is 4.74 Å². The third kappa shape index (κ3) is 3.84. The molecule has 0 bridgehead atoms. The van der Waals surface area contributed by atoms with E-state index in [2.05, 4.69) is 0 Å². The number of benzene rings is 1. The van der Waals surface area contributed by atoms with Gasteiger partial charge in [-0.05, 0) is 18.8 Å². The largest absolute Gasteiger partial charge is 0.497 e. The molecule has 0 amide bonds. The van der Waals surface area contributed by atoms with E-state index in [0.29, 0.717) is 12.3 Å². The average Bonchev–Trinajstić information content (AvgIpc) is 2.25. The van der Waals surface area contributed by atoms with Gasteiger partial charge in [0.15, 0.2) is 0 Å². The van der Waals surface area contributed by atoms with Crippen LogP contribution >= 0.6 is 11.6 Å². The minimum Gasteiger partial charge on any atom is -0.497 e. The van der Waals surface area contributed by atoms with Crippen molar-refractivity contribution >= 4 is 11.6 Å². The molecule has 0 saturated carbocycles. The maximum absolute atomic E-state index is 13.7. The van der Waals surface area contributed by atoms with Gasteiger partial charge in [0.1, 0.15) is 17.4 Å². The Morgan fingerprint density at radius 2 is 1.71 bits per heavy atom. The molecule has 96 valence electrons. The molecule has 0 radical (unpaired) electrons. The number of rotatable bonds is 5. The fraction of sp³-hybridized carbons (Fsp3) is 0.538. The highest BCUT2D eigenvalue weighted by Crippen LogP contribution is 2.33. The third-order valence-electron chi connectivity index (χ3n) is 2.60. The monoisotopic (exact) mass is 262 g/mol. The Bertz CT molecular complexity index is 357. The summed E-state index contributed by atoms with van der Waals surface area (Å²) in [7, 11) is 1.37. The van der Waals surface area contributed by atoms with Gasteiger partial charge in [0.05, 0.1) is 12.5 Å². The molecule has 0 saturated heterocycles. The van der Waals surface area contributed by atoms with E-state index in [-0.39, 0.29) is 11.3 Å². The first-order valence-corrected chi connectivity index (χ1v) is 6.06. The highest BCUT2D eigenvalue weighted by molar-refractivity contribution is 6.20. The molecule has 17 heavy (non-hydrogen) atoms. The number of methoxy groups -OCH3 is 1. The van der Waals surface area contributed by atoms with Gasteiger partial charge in [-0.3, -0.25) is 0 Å². The maximum atomic E-state index is 13.7. The Morgan fingerprint density at radius 1 is 1.18 bits per heavy atom. The zero-order valence-electron chi connectivity index (χ0n) is 10.3. The molecule has 0 aliphatic carbocycles. The van der Waals surface area contributed by atoms with Gasteiger partial charge in [0.2, 0.25) is 0 Å². The molecule has 0 fully saturated rings. The molecule has 0 spiro atoms. The smallest absolute Gasteiger partial charge is 0.134 e. The van der Waals surface area contributed by atoms with Crippen LogP contribution in [0.5, 0.6) is 5.75 Å². The molecule has 0 aliphatic heterocycles. The molecule has 1 atom stereocenters. The van der Waals surface area contributed by atoms with E-state index in [1.807, 2.05) is 13.8 Å². The second-order valence-corrected chi connectivity index (χ2v) is 4.97. The first-order chi connectivity index (χ1) is 7.95. The topological polar surface area (TPSA) is 9.23 Å². The molecule has 1 nitrogen and oxygen atoms in total. The summed E-state index contributed by atoms with van der Waals surface area (Å²) in [5.74, 6) is -0.673. The van der Waals surface area contributed by atoms with Crippen molar-refractivity contribution in [1.29, 1.82) is 0 Å². The first-order valence-electron chi connectivity index (χ1n) is 5.62. The summed E-state index contributed by atoms with van der Waals surface area (Å²) >= 11 is 6.04. The van der Waals surface area contributed by atoms with E-state index >= 15 is 0 Å². The molecular formula is C13H17ClF2O.